The van der Waals surface area contributed by atoms with E-state index in [4.69, 9.17) is 4.74 Å². The van der Waals surface area contributed by atoms with Gasteiger partial charge in [-0.3, -0.25) is 0 Å². The Morgan fingerprint density at radius 2 is 2.12 bits per heavy atom. The van der Waals surface area contributed by atoms with Crippen molar-refractivity contribution >= 4 is 11.3 Å². The molecule has 1 aromatic heterocycles. The molecular formula is C14H23NOS. The van der Waals surface area contributed by atoms with Crippen LogP contribution in [0.2, 0.25) is 0 Å². The van der Waals surface area contributed by atoms with Gasteiger partial charge in [0.05, 0.1) is 0 Å². The predicted octanol–water partition coefficient (Wildman–Crippen LogP) is 3.52. The lowest BCUT2D eigenvalue weighted by Crippen LogP contribution is -2.40. The summed E-state index contributed by atoms with van der Waals surface area (Å²) in [6.45, 7) is 10.8. The minimum Gasteiger partial charge on any atom is -0.371 e. The number of nitrogens with one attached hydrogen (secondary N) is 1. The third kappa shape index (κ3) is 3.30. The molecule has 1 aliphatic rings. The molecule has 96 valence electrons. The zero-order valence-electron chi connectivity index (χ0n) is 11.2. The lowest BCUT2D eigenvalue weighted by atomic mass is 9.85. The van der Waals surface area contributed by atoms with E-state index < -0.39 is 0 Å². The minimum absolute atomic E-state index is 0.237. The van der Waals surface area contributed by atoms with Gasteiger partial charge in [-0.1, -0.05) is 20.8 Å². The molecule has 0 amide bonds. The molecule has 2 rings (SSSR count). The van der Waals surface area contributed by atoms with E-state index in [1.165, 1.54) is 9.75 Å². The second-order valence-corrected chi connectivity index (χ2v) is 7.24. The van der Waals surface area contributed by atoms with E-state index in [0.29, 0.717) is 11.5 Å². The van der Waals surface area contributed by atoms with E-state index in [-0.39, 0.29) is 6.10 Å². The van der Waals surface area contributed by atoms with Gasteiger partial charge in [0.15, 0.2) is 0 Å². The summed E-state index contributed by atoms with van der Waals surface area (Å²) in [6.07, 6.45) is 1.34. The largest absolute Gasteiger partial charge is 0.371 e. The Hall–Kier alpha value is -0.380. The van der Waals surface area contributed by atoms with Crippen LogP contribution < -0.4 is 5.32 Å². The van der Waals surface area contributed by atoms with Crippen molar-refractivity contribution in [1.82, 2.24) is 5.32 Å². The first-order valence-electron chi connectivity index (χ1n) is 6.38. The van der Waals surface area contributed by atoms with Crippen LogP contribution in [-0.4, -0.2) is 19.2 Å². The summed E-state index contributed by atoms with van der Waals surface area (Å²) in [6, 6.07) is 4.92. The fourth-order valence-electron chi connectivity index (χ4n) is 2.29. The van der Waals surface area contributed by atoms with Gasteiger partial charge in [-0.15, -0.1) is 11.3 Å². The monoisotopic (exact) mass is 253 g/mol. The summed E-state index contributed by atoms with van der Waals surface area (Å²) in [5.41, 5.74) is 0.309. The first kappa shape index (κ1) is 13.1. The molecule has 17 heavy (non-hydrogen) atoms. The van der Waals surface area contributed by atoms with Crippen molar-refractivity contribution in [2.45, 2.75) is 46.3 Å². The first-order valence-corrected chi connectivity index (χ1v) is 7.20. The number of ether oxygens (including phenoxy) is 1. The van der Waals surface area contributed by atoms with Crippen molar-refractivity contribution < 1.29 is 4.74 Å². The predicted molar refractivity (Wildman–Crippen MR) is 73.6 cm³/mol. The fourth-order valence-corrected chi connectivity index (χ4v) is 3.21. The molecular weight excluding hydrogens is 230 g/mol. The van der Waals surface area contributed by atoms with Crippen LogP contribution in [0.5, 0.6) is 0 Å². The van der Waals surface area contributed by atoms with Crippen molar-refractivity contribution in [3.63, 3.8) is 0 Å². The molecule has 1 aromatic rings. The maximum atomic E-state index is 5.98. The lowest BCUT2D eigenvalue weighted by molar-refractivity contribution is 0.0678. The van der Waals surface area contributed by atoms with Crippen LogP contribution in [0.4, 0.5) is 0 Å². The molecule has 1 aliphatic heterocycles. The van der Waals surface area contributed by atoms with Crippen molar-refractivity contribution in [1.29, 1.82) is 0 Å². The fraction of sp³-hybridized carbons (Fsp3) is 0.714. The molecule has 0 aromatic carbocycles. The molecule has 2 unspecified atom stereocenters. The van der Waals surface area contributed by atoms with Crippen LogP contribution in [0.15, 0.2) is 12.1 Å². The highest BCUT2D eigenvalue weighted by molar-refractivity contribution is 7.12. The van der Waals surface area contributed by atoms with Gasteiger partial charge in [-0.2, -0.15) is 0 Å². The number of aryl methyl sites for hydroxylation is 1. The van der Waals surface area contributed by atoms with Crippen molar-refractivity contribution in [2.75, 3.05) is 13.2 Å². The topological polar surface area (TPSA) is 21.3 Å². The Kier molecular flexibility index (Phi) is 3.91. The molecule has 0 radical (unpaired) electrons. The zero-order chi connectivity index (χ0) is 12.5. The minimum atomic E-state index is 0.237. The van der Waals surface area contributed by atoms with Crippen LogP contribution in [0, 0.1) is 12.3 Å². The quantitative estimate of drug-likeness (QED) is 0.827. The summed E-state index contributed by atoms with van der Waals surface area (Å²) >= 11 is 1.85. The number of hydrogen-bond donors (Lipinski definition) is 1. The third-order valence-corrected chi connectivity index (χ3v) is 4.49. The second kappa shape index (κ2) is 5.09. The normalized spacial score (nSPS) is 26.8. The van der Waals surface area contributed by atoms with E-state index in [0.717, 1.165) is 19.6 Å². The molecule has 0 saturated carbocycles. The van der Waals surface area contributed by atoms with E-state index in [1.54, 1.807) is 0 Å². The Morgan fingerprint density at radius 1 is 1.35 bits per heavy atom. The van der Waals surface area contributed by atoms with Gasteiger partial charge in [-0.25, -0.2) is 0 Å². The maximum absolute atomic E-state index is 5.98. The molecule has 0 bridgehead atoms. The summed E-state index contributed by atoms with van der Waals surface area (Å²) in [5.74, 6) is 0. The second-order valence-electron chi connectivity index (χ2n) is 5.92. The van der Waals surface area contributed by atoms with Crippen LogP contribution >= 0.6 is 11.3 Å². The molecule has 1 saturated heterocycles. The molecule has 1 N–H and O–H groups in total. The summed E-state index contributed by atoms with van der Waals surface area (Å²) in [5, 5.41) is 3.66. The highest BCUT2D eigenvalue weighted by Gasteiger charge is 2.28. The molecule has 0 aliphatic carbocycles. The van der Waals surface area contributed by atoms with Crippen LogP contribution in [0.25, 0.3) is 0 Å². The molecule has 1 fully saturated rings. The Balaban J connectivity index is 2.01. The van der Waals surface area contributed by atoms with E-state index in [1.807, 2.05) is 11.3 Å². The SMILES string of the molecule is Cc1ccc(C2CNC(C(C)(C)C)CCO2)s1. The van der Waals surface area contributed by atoms with E-state index >= 15 is 0 Å². The van der Waals surface area contributed by atoms with E-state index in [2.05, 4.69) is 45.1 Å². The molecule has 0 spiro atoms. The lowest BCUT2D eigenvalue weighted by Gasteiger charge is -2.30. The Labute approximate surface area is 108 Å². The first-order chi connectivity index (χ1) is 7.97. The summed E-state index contributed by atoms with van der Waals surface area (Å²) in [7, 11) is 0. The van der Waals surface area contributed by atoms with Crippen LogP contribution in [0.3, 0.4) is 0 Å². The smallest absolute Gasteiger partial charge is 0.104 e. The van der Waals surface area contributed by atoms with Gasteiger partial charge < -0.3 is 10.1 Å². The highest BCUT2D eigenvalue weighted by atomic mass is 32.1. The summed E-state index contributed by atoms with van der Waals surface area (Å²) in [4.78, 5) is 2.71. The van der Waals surface area contributed by atoms with Crippen molar-refractivity contribution in [3.8, 4) is 0 Å². The Morgan fingerprint density at radius 3 is 2.71 bits per heavy atom. The van der Waals surface area contributed by atoms with Crippen molar-refractivity contribution in [3.05, 3.63) is 21.9 Å². The number of thiophene rings is 1. The van der Waals surface area contributed by atoms with E-state index in [9.17, 15) is 0 Å². The molecule has 3 heteroatoms. The van der Waals surface area contributed by atoms with Gasteiger partial charge in [0.2, 0.25) is 0 Å². The van der Waals surface area contributed by atoms with Gasteiger partial charge in [0.25, 0.3) is 0 Å². The van der Waals surface area contributed by atoms with Crippen molar-refractivity contribution in [2.24, 2.45) is 5.41 Å². The maximum Gasteiger partial charge on any atom is 0.104 e. The van der Waals surface area contributed by atoms with Gasteiger partial charge in [0, 0.05) is 28.9 Å². The van der Waals surface area contributed by atoms with Gasteiger partial charge >= 0.3 is 0 Å². The zero-order valence-corrected chi connectivity index (χ0v) is 12.1. The molecule has 2 atom stereocenters. The third-order valence-electron chi connectivity index (χ3n) is 3.40. The van der Waals surface area contributed by atoms with Gasteiger partial charge in [-0.05, 0) is 30.9 Å². The molecule has 2 heterocycles. The number of rotatable bonds is 1. The van der Waals surface area contributed by atoms with Gasteiger partial charge in [0.1, 0.15) is 6.10 Å². The van der Waals surface area contributed by atoms with Crippen LogP contribution in [-0.2, 0) is 4.74 Å². The average molecular weight is 253 g/mol. The standard InChI is InChI=1S/C14H23NOS/c1-10-5-6-12(17-10)11-9-15-13(7-8-16-11)14(2,3)4/h5-6,11,13,15H,7-9H2,1-4H3. The summed E-state index contributed by atoms with van der Waals surface area (Å²) < 4.78 is 5.98. The Bertz CT molecular complexity index is 367. The average Bonchev–Trinajstić information content (AvgIpc) is 2.53. The number of hydrogen-bond acceptors (Lipinski definition) is 3. The van der Waals surface area contributed by atoms with Crippen LogP contribution in [0.1, 0.15) is 43.1 Å². The molecule has 2 nitrogen and oxygen atoms in total. The highest BCUT2D eigenvalue weighted by Crippen LogP contribution is 2.30.